The Morgan fingerprint density at radius 1 is 1.38 bits per heavy atom. The summed E-state index contributed by atoms with van der Waals surface area (Å²) < 4.78 is 1.90. The Morgan fingerprint density at radius 2 is 2.24 bits per heavy atom. The third-order valence-electron chi connectivity index (χ3n) is 2.85. The number of nitrogens with zero attached hydrogens (tertiary/aromatic N) is 2. The lowest BCUT2D eigenvalue weighted by atomic mass is 10.1. The predicted molar refractivity (Wildman–Crippen MR) is 79.6 cm³/mol. The molecule has 0 bridgehead atoms. The number of hydrogen-bond acceptors (Lipinski definition) is 3. The average Bonchev–Trinajstić information content (AvgIpc) is 3.01. The van der Waals surface area contributed by atoms with Crippen LogP contribution in [0.4, 0.5) is 0 Å². The largest absolute Gasteiger partial charge is 0.395 e. The van der Waals surface area contributed by atoms with Gasteiger partial charge in [0.25, 0.3) is 5.91 Å². The number of hydrogen-bond donors (Lipinski definition) is 2. The molecule has 1 heterocycles. The monoisotopic (exact) mass is 283 g/mol. The van der Waals surface area contributed by atoms with Crippen molar-refractivity contribution in [2.75, 3.05) is 13.2 Å². The first-order valence-electron chi connectivity index (χ1n) is 6.74. The van der Waals surface area contributed by atoms with Gasteiger partial charge in [-0.05, 0) is 12.1 Å². The first-order valence-corrected chi connectivity index (χ1v) is 6.74. The Balaban J connectivity index is 1.97. The van der Waals surface area contributed by atoms with Crippen molar-refractivity contribution in [1.29, 1.82) is 0 Å². The summed E-state index contributed by atoms with van der Waals surface area (Å²) in [5.41, 5.74) is 1.22. The van der Waals surface area contributed by atoms with Gasteiger partial charge in [0.2, 0.25) is 0 Å². The molecule has 2 N–H and O–H groups in total. The molecule has 2 aromatic rings. The maximum absolute atomic E-state index is 12.2. The number of amides is 1. The molecular weight excluding hydrogens is 266 g/mol. The van der Waals surface area contributed by atoms with E-state index in [1.165, 1.54) is 0 Å². The van der Waals surface area contributed by atoms with Crippen molar-refractivity contribution < 1.29 is 9.90 Å². The van der Waals surface area contributed by atoms with Crippen LogP contribution in [0.2, 0.25) is 0 Å². The van der Waals surface area contributed by atoms with Crippen molar-refractivity contribution in [2.24, 2.45) is 0 Å². The van der Waals surface area contributed by atoms with Gasteiger partial charge in [0.05, 0.1) is 18.5 Å². The second kappa shape index (κ2) is 7.88. The van der Waals surface area contributed by atoms with Gasteiger partial charge in [0.15, 0.2) is 0 Å². The zero-order chi connectivity index (χ0) is 14.9. The van der Waals surface area contributed by atoms with Crippen LogP contribution < -0.4 is 5.32 Å². The molecule has 0 saturated heterocycles. The molecule has 0 saturated carbocycles. The van der Waals surface area contributed by atoms with Crippen LogP contribution in [-0.2, 0) is 6.54 Å². The lowest BCUT2D eigenvalue weighted by Crippen LogP contribution is -2.27. The number of rotatable bonds is 5. The summed E-state index contributed by atoms with van der Waals surface area (Å²) in [6.07, 6.45) is 5.66. The Hall–Kier alpha value is -2.58. The molecule has 0 aliphatic carbocycles. The number of aliphatic hydroxyl groups is 1. The van der Waals surface area contributed by atoms with Crippen LogP contribution in [0.3, 0.4) is 0 Å². The van der Waals surface area contributed by atoms with Gasteiger partial charge < -0.3 is 15.0 Å². The third-order valence-corrected chi connectivity index (χ3v) is 2.85. The fourth-order valence-corrected chi connectivity index (χ4v) is 1.82. The third kappa shape index (κ3) is 4.48. The van der Waals surface area contributed by atoms with Crippen molar-refractivity contribution in [2.45, 2.75) is 13.0 Å². The van der Waals surface area contributed by atoms with Gasteiger partial charge in [-0.15, -0.1) is 0 Å². The first kappa shape index (κ1) is 14.8. The maximum Gasteiger partial charge on any atom is 0.252 e. The normalized spacial score (nSPS) is 9.76. The van der Waals surface area contributed by atoms with Crippen LogP contribution in [-0.4, -0.2) is 33.7 Å². The van der Waals surface area contributed by atoms with Crippen LogP contribution >= 0.6 is 0 Å². The molecule has 0 aliphatic heterocycles. The minimum Gasteiger partial charge on any atom is -0.395 e. The van der Waals surface area contributed by atoms with Crippen molar-refractivity contribution in [3.63, 3.8) is 0 Å². The van der Waals surface area contributed by atoms with Crippen molar-refractivity contribution in [3.05, 3.63) is 54.1 Å². The van der Waals surface area contributed by atoms with Gasteiger partial charge in [-0.1, -0.05) is 24.0 Å². The number of imidazole rings is 1. The minimum atomic E-state index is -0.149. The number of aromatic nitrogens is 2. The van der Waals surface area contributed by atoms with E-state index in [4.69, 9.17) is 5.11 Å². The number of carbonyl (C=O) groups excluding carboxylic acids is 1. The summed E-state index contributed by atoms with van der Waals surface area (Å²) in [6.45, 7) is 1.21. The summed E-state index contributed by atoms with van der Waals surface area (Å²) in [7, 11) is 0. The molecule has 0 fully saturated rings. The predicted octanol–water partition coefficient (Wildman–Crippen LogP) is 1.05. The van der Waals surface area contributed by atoms with Crippen molar-refractivity contribution in [3.8, 4) is 11.8 Å². The van der Waals surface area contributed by atoms with E-state index in [9.17, 15) is 4.79 Å². The lowest BCUT2D eigenvalue weighted by Gasteiger charge is -2.07. The van der Waals surface area contributed by atoms with E-state index in [-0.39, 0.29) is 12.5 Å². The highest BCUT2D eigenvalue weighted by molar-refractivity contribution is 5.96. The van der Waals surface area contributed by atoms with Crippen LogP contribution in [0, 0.1) is 11.8 Å². The summed E-state index contributed by atoms with van der Waals surface area (Å²) in [5.74, 6) is 5.60. The summed E-state index contributed by atoms with van der Waals surface area (Å²) in [6, 6.07) is 7.19. The second-order valence-electron chi connectivity index (χ2n) is 4.38. The zero-order valence-electron chi connectivity index (χ0n) is 11.6. The van der Waals surface area contributed by atoms with Gasteiger partial charge in [0, 0.05) is 37.5 Å². The van der Waals surface area contributed by atoms with E-state index < -0.39 is 0 Å². The molecule has 0 radical (unpaired) electrons. The number of benzene rings is 1. The minimum absolute atomic E-state index is 0.0201. The topological polar surface area (TPSA) is 67.2 Å². The van der Waals surface area contributed by atoms with E-state index in [0.29, 0.717) is 30.6 Å². The average molecular weight is 283 g/mol. The molecule has 1 aromatic carbocycles. The second-order valence-corrected chi connectivity index (χ2v) is 4.38. The molecule has 5 nitrogen and oxygen atoms in total. The number of aliphatic hydroxyl groups excluding tert-OH is 1. The Morgan fingerprint density at radius 3 is 3.00 bits per heavy atom. The fourth-order valence-electron chi connectivity index (χ4n) is 1.82. The molecule has 21 heavy (non-hydrogen) atoms. The van der Waals surface area contributed by atoms with Gasteiger partial charge >= 0.3 is 0 Å². The number of nitrogens with one attached hydrogen (secondary N) is 1. The van der Waals surface area contributed by atoms with Crippen LogP contribution in [0.5, 0.6) is 0 Å². The van der Waals surface area contributed by atoms with E-state index >= 15 is 0 Å². The lowest BCUT2D eigenvalue weighted by molar-refractivity contribution is 0.0952. The molecule has 1 aromatic heterocycles. The summed E-state index contributed by atoms with van der Waals surface area (Å²) >= 11 is 0. The maximum atomic E-state index is 12.2. The van der Waals surface area contributed by atoms with Crippen LogP contribution in [0.15, 0.2) is 43.0 Å². The highest BCUT2D eigenvalue weighted by Crippen LogP contribution is 2.07. The van der Waals surface area contributed by atoms with E-state index in [2.05, 4.69) is 22.1 Å². The van der Waals surface area contributed by atoms with Gasteiger partial charge in [0.1, 0.15) is 0 Å². The van der Waals surface area contributed by atoms with Gasteiger partial charge in [-0.3, -0.25) is 4.79 Å². The molecule has 5 heteroatoms. The first-order chi connectivity index (χ1) is 10.3. The molecule has 1 amide bonds. The Bertz CT molecular complexity index is 639. The van der Waals surface area contributed by atoms with Crippen LogP contribution in [0.25, 0.3) is 0 Å². The number of carbonyl (C=O) groups is 1. The molecule has 0 spiro atoms. The van der Waals surface area contributed by atoms with E-state index in [1.54, 1.807) is 24.7 Å². The molecule has 0 unspecified atom stereocenters. The molecule has 0 aliphatic rings. The van der Waals surface area contributed by atoms with Gasteiger partial charge in [-0.25, -0.2) is 4.98 Å². The Labute approximate surface area is 123 Å². The standard InChI is InChI=1S/C16H17N3O2/c20-12-4-3-6-14-5-1-2-7-15(14)16(21)18-9-11-19-10-8-17-13-19/h1-2,5,7-8,10,13,20H,4,9,11-12H2,(H,18,21). The molecule has 0 atom stereocenters. The van der Waals surface area contributed by atoms with E-state index in [0.717, 1.165) is 0 Å². The van der Waals surface area contributed by atoms with Crippen molar-refractivity contribution in [1.82, 2.24) is 14.9 Å². The van der Waals surface area contributed by atoms with E-state index in [1.807, 2.05) is 22.9 Å². The van der Waals surface area contributed by atoms with Crippen molar-refractivity contribution >= 4 is 5.91 Å². The molecule has 2 rings (SSSR count). The highest BCUT2D eigenvalue weighted by Gasteiger charge is 2.08. The SMILES string of the molecule is O=C(NCCn1ccnc1)c1ccccc1C#CCCO. The van der Waals surface area contributed by atoms with Gasteiger partial charge in [-0.2, -0.15) is 0 Å². The highest BCUT2D eigenvalue weighted by atomic mass is 16.2. The molecular formula is C16H17N3O2. The summed E-state index contributed by atoms with van der Waals surface area (Å²) in [4.78, 5) is 16.1. The zero-order valence-corrected chi connectivity index (χ0v) is 11.6. The Kier molecular flexibility index (Phi) is 5.56. The smallest absolute Gasteiger partial charge is 0.252 e. The molecule has 108 valence electrons. The fraction of sp³-hybridized carbons (Fsp3) is 0.250. The quantitative estimate of drug-likeness (QED) is 0.806. The van der Waals surface area contributed by atoms with Crippen LogP contribution in [0.1, 0.15) is 22.3 Å². The summed E-state index contributed by atoms with van der Waals surface area (Å²) in [5, 5.41) is 11.6.